The standard InChI is InChI=1S/C14H26N2O2/c1-5-15-10-13-6-7-14(18-13)11-16(4)8-9-17-12(2)3/h6-7,12,15H,5,8-11H2,1-4H3. The second-order valence-electron chi connectivity index (χ2n) is 4.81. The van der Waals surface area contributed by atoms with E-state index in [2.05, 4.69) is 38.0 Å². The molecule has 1 N–H and O–H groups in total. The summed E-state index contributed by atoms with van der Waals surface area (Å²) in [7, 11) is 2.08. The maximum Gasteiger partial charge on any atom is 0.118 e. The van der Waals surface area contributed by atoms with Gasteiger partial charge < -0.3 is 14.5 Å². The highest BCUT2D eigenvalue weighted by molar-refractivity contribution is 5.06. The Morgan fingerprint density at radius 3 is 2.72 bits per heavy atom. The Kier molecular flexibility index (Phi) is 7.01. The Balaban J connectivity index is 2.26. The van der Waals surface area contributed by atoms with Crippen LogP contribution in [0.4, 0.5) is 0 Å². The summed E-state index contributed by atoms with van der Waals surface area (Å²) in [6, 6.07) is 4.09. The summed E-state index contributed by atoms with van der Waals surface area (Å²) in [5.74, 6) is 2.01. The van der Waals surface area contributed by atoms with Gasteiger partial charge in [0.1, 0.15) is 11.5 Å². The second kappa shape index (κ2) is 8.29. The molecule has 0 radical (unpaired) electrons. The average Bonchev–Trinajstić information content (AvgIpc) is 2.73. The van der Waals surface area contributed by atoms with Crippen molar-refractivity contribution in [2.75, 3.05) is 26.7 Å². The van der Waals surface area contributed by atoms with Crippen molar-refractivity contribution in [2.24, 2.45) is 0 Å². The molecule has 1 aromatic heterocycles. The Morgan fingerprint density at radius 1 is 1.33 bits per heavy atom. The molecule has 0 saturated heterocycles. The van der Waals surface area contributed by atoms with E-state index in [-0.39, 0.29) is 0 Å². The van der Waals surface area contributed by atoms with Gasteiger partial charge in [0.15, 0.2) is 0 Å². The number of furan rings is 1. The van der Waals surface area contributed by atoms with Crippen molar-refractivity contribution in [3.63, 3.8) is 0 Å². The maximum absolute atomic E-state index is 5.74. The van der Waals surface area contributed by atoms with Gasteiger partial charge in [-0.15, -0.1) is 0 Å². The van der Waals surface area contributed by atoms with Crippen molar-refractivity contribution >= 4 is 0 Å². The molecule has 0 atom stereocenters. The molecular formula is C14H26N2O2. The Hall–Kier alpha value is -0.840. The summed E-state index contributed by atoms with van der Waals surface area (Å²) in [6.45, 7) is 10.5. The summed E-state index contributed by atoms with van der Waals surface area (Å²) in [6.07, 6.45) is 0.300. The highest BCUT2D eigenvalue weighted by Crippen LogP contribution is 2.09. The first kappa shape index (κ1) is 15.2. The van der Waals surface area contributed by atoms with Crippen LogP contribution in [0.5, 0.6) is 0 Å². The van der Waals surface area contributed by atoms with Crippen molar-refractivity contribution in [2.45, 2.75) is 40.0 Å². The highest BCUT2D eigenvalue weighted by atomic mass is 16.5. The molecule has 0 unspecified atom stereocenters. The van der Waals surface area contributed by atoms with Gasteiger partial charge in [0, 0.05) is 6.54 Å². The van der Waals surface area contributed by atoms with Gasteiger partial charge in [-0.25, -0.2) is 0 Å². The second-order valence-corrected chi connectivity index (χ2v) is 4.81. The van der Waals surface area contributed by atoms with Gasteiger partial charge >= 0.3 is 0 Å². The normalized spacial score (nSPS) is 11.7. The van der Waals surface area contributed by atoms with Crippen molar-refractivity contribution < 1.29 is 9.15 Å². The summed E-state index contributed by atoms with van der Waals surface area (Å²) >= 11 is 0. The van der Waals surface area contributed by atoms with Crippen LogP contribution in [-0.4, -0.2) is 37.7 Å². The minimum absolute atomic E-state index is 0.300. The molecule has 0 amide bonds. The zero-order chi connectivity index (χ0) is 13.4. The number of rotatable bonds is 9. The quantitative estimate of drug-likeness (QED) is 0.733. The Labute approximate surface area is 110 Å². The van der Waals surface area contributed by atoms with E-state index in [4.69, 9.17) is 9.15 Å². The lowest BCUT2D eigenvalue weighted by Crippen LogP contribution is -2.23. The van der Waals surface area contributed by atoms with Crippen molar-refractivity contribution in [1.82, 2.24) is 10.2 Å². The monoisotopic (exact) mass is 254 g/mol. The molecule has 0 fully saturated rings. The van der Waals surface area contributed by atoms with Gasteiger partial charge in [0.05, 0.1) is 25.8 Å². The molecule has 0 bridgehead atoms. The minimum atomic E-state index is 0.300. The fraction of sp³-hybridized carbons (Fsp3) is 0.714. The minimum Gasteiger partial charge on any atom is -0.463 e. The van der Waals surface area contributed by atoms with Crippen LogP contribution >= 0.6 is 0 Å². The van der Waals surface area contributed by atoms with Gasteiger partial charge in [-0.2, -0.15) is 0 Å². The zero-order valence-electron chi connectivity index (χ0n) is 12.0. The number of likely N-dealkylation sites (N-methyl/N-ethyl adjacent to an activating group) is 1. The number of nitrogens with one attached hydrogen (secondary N) is 1. The van der Waals surface area contributed by atoms with Crippen LogP contribution in [0.1, 0.15) is 32.3 Å². The maximum atomic E-state index is 5.74. The molecule has 0 aliphatic rings. The smallest absolute Gasteiger partial charge is 0.118 e. The number of ether oxygens (including phenoxy) is 1. The van der Waals surface area contributed by atoms with Crippen LogP contribution in [0, 0.1) is 0 Å². The van der Waals surface area contributed by atoms with E-state index in [1.165, 1.54) is 0 Å². The van der Waals surface area contributed by atoms with E-state index in [9.17, 15) is 0 Å². The van der Waals surface area contributed by atoms with Crippen LogP contribution in [0.3, 0.4) is 0 Å². The number of nitrogens with zero attached hydrogens (tertiary/aromatic N) is 1. The summed E-state index contributed by atoms with van der Waals surface area (Å²) in [5.41, 5.74) is 0. The molecule has 1 aromatic rings. The summed E-state index contributed by atoms with van der Waals surface area (Å²) < 4.78 is 11.3. The van der Waals surface area contributed by atoms with Gasteiger partial charge in [0.25, 0.3) is 0 Å². The van der Waals surface area contributed by atoms with Gasteiger partial charge in [-0.05, 0) is 39.6 Å². The van der Waals surface area contributed by atoms with Crippen LogP contribution in [0.15, 0.2) is 16.5 Å². The third-order valence-electron chi connectivity index (χ3n) is 2.62. The molecule has 1 heterocycles. The van der Waals surface area contributed by atoms with Crippen molar-refractivity contribution in [1.29, 1.82) is 0 Å². The average molecular weight is 254 g/mol. The first-order valence-corrected chi connectivity index (χ1v) is 6.70. The van der Waals surface area contributed by atoms with Gasteiger partial charge in [-0.1, -0.05) is 6.92 Å². The van der Waals surface area contributed by atoms with E-state index in [1.54, 1.807) is 0 Å². The van der Waals surface area contributed by atoms with Crippen LogP contribution in [-0.2, 0) is 17.8 Å². The lowest BCUT2D eigenvalue weighted by Gasteiger charge is -2.16. The van der Waals surface area contributed by atoms with Crippen molar-refractivity contribution in [3.05, 3.63) is 23.7 Å². The van der Waals surface area contributed by atoms with Crippen LogP contribution in [0.2, 0.25) is 0 Å². The number of hydrogen-bond donors (Lipinski definition) is 1. The van der Waals surface area contributed by atoms with Crippen LogP contribution < -0.4 is 5.32 Å². The summed E-state index contributed by atoms with van der Waals surface area (Å²) in [5, 5.41) is 3.25. The van der Waals surface area contributed by atoms with Gasteiger partial charge in [0.2, 0.25) is 0 Å². The lowest BCUT2D eigenvalue weighted by atomic mass is 10.4. The van der Waals surface area contributed by atoms with E-state index in [1.807, 2.05) is 12.1 Å². The van der Waals surface area contributed by atoms with E-state index in [0.29, 0.717) is 6.10 Å². The van der Waals surface area contributed by atoms with Crippen LogP contribution in [0.25, 0.3) is 0 Å². The SMILES string of the molecule is CCNCc1ccc(CN(C)CCOC(C)C)o1. The Morgan fingerprint density at radius 2 is 2.06 bits per heavy atom. The zero-order valence-corrected chi connectivity index (χ0v) is 12.0. The molecule has 104 valence electrons. The number of hydrogen-bond acceptors (Lipinski definition) is 4. The van der Waals surface area contributed by atoms with E-state index in [0.717, 1.165) is 44.3 Å². The molecule has 18 heavy (non-hydrogen) atoms. The molecule has 4 nitrogen and oxygen atoms in total. The van der Waals surface area contributed by atoms with E-state index < -0.39 is 0 Å². The molecule has 4 heteroatoms. The molecule has 0 aliphatic heterocycles. The largest absolute Gasteiger partial charge is 0.463 e. The molecule has 0 saturated carbocycles. The highest BCUT2D eigenvalue weighted by Gasteiger charge is 2.05. The molecule has 0 spiro atoms. The fourth-order valence-corrected chi connectivity index (χ4v) is 1.64. The lowest BCUT2D eigenvalue weighted by molar-refractivity contribution is 0.0616. The predicted octanol–water partition coefficient (Wildman–Crippen LogP) is 2.25. The summed E-state index contributed by atoms with van der Waals surface area (Å²) in [4.78, 5) is 2.21. The first-order valence-electron chi connectivity index (χ1n) is 6.70. The third kappa shape index (κ3) is 6.19. The predicted molar refractivity (Wildman–Crippen MR) is 73.5 cm³/mol. The molecular weight excluding hydrogens is 228 g/mol. The molecule has 0 aliphatic carbocycles. The third-order valence-corrected chi connectivity index (χ3v) is 2.62. The van der Waals surface area contributed by atoms with E-state index >= 15 is 0 Å². The Bertz CT molecular complexity index is 323. The molecule has 0 aromatic carbocycles. The first-order chi connectivity index (χ1) is 8.61. The molecule has 1 rings (SSSR count). The fourth-order valence-electron chi connectivity index (χ4n) is 1.64. The van der Waals surface area contributed by atoms with Crippen molar-refractivity contribution in [3.8, 4) is 0 Å². The van der Waals surface area contributed by atoms with Gasteiger partial charge in [-0.3, -0.25) is 4.90 Å². The topological polar surface area (TPSA) is 37.6 Å².